The van der Waals surface area contributed by atoms with Gasteiger partial charge < -0.3 is 10.6 Å². The van der Waals surface area contributed by atoms with Gasteiger partial charge in [0, 0.05) is 17.6 Å². The summed E-state index contributed by atoms with van der Waals surface area (Å²) >= 11 is 1.57. The number of fused-ring (bicyclic) bond motifs is 1. The molecule has 1 aliphatic rings. The highest BCUT2D eigenvalue weighted by atomic mass is 32.2. The first-order valence-electron chi connectivity index (χ1n) is 11.0. The summed E-state index contributed by atoms with van der Waals surface area (Å²) < 4.78 is 1.81. The molecule has 0 spiro atoms. The van der Waals surface area contributed by atoms with E-state index in [1.54, 1.807) is 30.2 Å². The van der Waals surface area contributed by atoms with Crippen LogP contribution in [-0.4, -0.2) is 25.7 Å². The van der Waals surface area contributed by atoms with Gasteiger partial charge in [0.15, 0.2) is 0 Å². The van der Waals surface area contributed by atoms with Gasteiger partial charge in [0.2, 0.25) is 11.1 Å². The number of carbonyl (C=O) groups is 1. The SMILES string of the molecule is CC1=C(C(=O)Nc2cccnc2)[C@H](c2ccc(C)cc2)n2nc(SCc3ccccc3)nc2N1. The van der Waals surface area contributed by atoms with E-state index in [1.807, 2.05) is 67.1 Å². The molecule has 1 atom stereocenters. The van der Waals surface area contributed by atoms with Crippen molar-refractivity contribution in [1.82, 2.24) is 19.7 Å². The van der Waals surface area contributed by atoms with Crippen LogP contribution in [-0.2, 0) is 10.5 Å². The average molecular weight is 469 g/mol. The molecule has 0 bridgehead atoms. The van der Waals surface area contributed by atoms with Crippen molar-refractivity contribution in [1.29, 1.82) is 0 Å². The minimum absolute atomic E-state index is 0.205. The van der Waals surface area contributed by atoms with E-state index in [2.05, 4.69) is 27.8 Å². The van der Waals surface area contributed by atoms with Gasteiger partial charge in [-0.3, -0.25) is 9.78 Å². The summed E-state index contributed by atoms with van der Waals surface area (Å²) in [6.45, 7) is 3.94. The van der Waals surface area contributed by atoms with Crippen LogP contribution in [0.4, 0.5) is 11.6 Å². The number of rotatable bonds is 6. The van der Waals surface area contributed by atoms with Crippen LogP contribution in [0.25, 0.3) is 0 Å². The first-order chi connectivity index (χ1) is 16.6. The fourth-order valence-electron chi connectivity index (χ4n) is 3.90. The molecule has 2 N–H and O–H groups in total. The zero-order valence-electron chi connectivity index (χ0n) is 18.9. The number of aryl methyl sites for hydroxylation is 1. The molecule has 8 heteroatoms. The molecule has 0 saturated heterocycles. The molecule has 170 valence electrons. The number of allylic oxidation sites excluding steroid dienone is 1. The summed E-state index contributed by atoms with van der Waals surface area (Å²) in [7, 11) is 0. The Bertz CT molecular complexity index is 1330. The monoisotopic (exact) mass is 468 g/mol. The maximum atomic E-state index is 13.5. The molecule has 5 rings (SSSR count). The summed E-state index contributed by atoms with van der Waals surface area (Å²) in [5.74, 6) is 1.18. The molecule has 1 aliphatic heterocycles. The topological polar surface area (TPSA) is 84.7 Å². The second kappa shape index (κ2) is 9.52. The molecule has 0 saturated carbocycles. The number of pyridine rings is 1. The van der Waals surface area contributed by atoms with Crippen molar-refractivity contribution in [2.75, 3.05) is 10.6 Å². The van der Waals surface area contributed by atoms with E-state index in [1.165, 1.54) is 5.56 Å². The molecule has 0 radical (unpaired) electrons. The highest BCUT2D eigenvalue weighted by Gasteiger charge is 2.34. The Morgan fingerprint density at radius 2 is 1.85 bits per heavy atom. The van der Waals surface area contributed by atoms with Gasteiger partial charge in [-0.15, -0.1) is 5.10 Å². The lowest BCUT2D eigenvalue weighted by atomic mass is 9.94. The smallest absolute Gasteiger partial charge is 0.255 e. The highest BCUT2D eigenvalue weighted by Crippen LogP contribution is 2.37. The molecule has 34 heavy (non-hydrogen) atoms. The number of aromatic nitrogens is 4. The zero-order chi connectivity index (χ0) is 23.5. The van der Waals surface area contributed by atoms with Crippen molar-refractivity contribution in [2.45, 2.75) is 30.8 Å². The minimum Gasteiger partial charge on any atom is -0.328 e. The largest absolute Gasteiger partial charge is 0.328 e. The summed E-state index contributed by atoms with van der Waals surface area (Å²) in [5, 5.41) is 11.7. The van der Waals surface area contributed by atoms with Gasteiger partial charge in [-0.2, -0.15) is 4.98 Å². The van der Waals surface area contributed by atoms with Gasteiger partial charge in [0.05, 0.1) is 17.5 Å². The van der Waals surface area contributed by atoms with E-state index >= 15 is 0 Å². The second-order valence-electron chi connectivity index (χ2n) is 8.11. The van der Waals surface area contributed by atoms with Gasteiger partial charge >= 0.3 is 0 Å². The number of thioether (sulfide) groups is 1. The van der Waals surface area contributed by atoms with Crippen molar-refractivity contribution < 1.29 is 4.79 Å². The van der Waals surface area contributed by atoms with E-state index in [4.69, 9.17) is 10.1 Å². The van der Waals surface area contributed by atoms with Crippen LogP contribution in [0.2, 0.25) is 0 Å². The first-order valence-corrected chi connectivity index (χ1v) is 12.0. The third-order valence-electron chi connectivity index (χ3n) is 5.60. The molecule has 0 aliphatic carbocycles. The lowest BCUT2D eigenvalue weighted by Crippen LogP contribution is -2.31. The normalized spacial score (nSPS) is 14.9. The summed E-state index contributed by atoms with van der Waals surface area (Å²) in [6, 6.07) is 21.6. The molecule has 2 aromatic carbocycles. The molecule has 1 amide bonds. The predicted molar refractivity (Wildman–Crippen MR) is 135 cm³/mol. The fourth-order valence-corrected chi connectivity index (χ4v) is 4.69. The third-order valence-corrected chi connectivity index (χ3v) is 6.51. The quantitative estimate of drug-likeness (QED) is 0.378. The summed E-state index contributed by atoms with van der Waals surface area (Å²) in [5.41, 5.74) is 5.29. The number of anilines is 2. The number of hydrogen-bond acceptors (Lipinski definition) is 6. The number of nitrogens with zero attached hydrogens (tertiary/aromatic N) is 4. The Kier molecular flexibility index (Phi) is 6.14. The first kappa shape index (κ1) is 21.9. The molecular formula is C26H24N6OS. The minimum atomic E-state index is -0.410. The third kappa shape index (κ3) is 4.58. The molecular weight excluding hydrogens is 444 g/mol. The van der Waals surface area contributed by atoms with Crippen molar-refractivity contribution >= 4 is 29.3 Å². The maximum Gasteiger partial charge on any atom is 0.255 e. The fraction of sp³-hybridized carbons (Fsp3) is 0.154. The molecule has 4 aromatic rings. The Morgan fingerprint density at radius 3 is 2.59 bits per heavy atom. The van der Waals surface area contributed by atoms with Crippen molar-refractivity contribution in [3.63, 3.8) is 0 Å². The average Bonchev–Trinajstić information content (AvgIpc) is 3.26. The van der Waals surface area contributed by atoms with Crippen LogP contribution in [0.5, 0.6) is 0 Å². The number of hydrogen-bond donors (Lipinski definition) is 2. The Morgan fingerprint density at radius 1 is 1.06 bits per heavy atom. The van der Waals surface area contributed by atoms with Crippen molar-refractivity contribution in [3.8, 4) is 0 Å². The molecule has 0 fully saturated rings. The van der Waals surface area contributed by atoms with Gasteiger partial charge in [0.25, 0.3) is 5.91 Å². The number of nitrogens with one attached hydrogen (secondary N) is 2. The van der Waals surface area contributed by atoms with E-state index < -0.39 is 6.04 Å². The van der Waals surface area contributed by atoms with Gasteiger partial charge in [-0.1, -0.05) is 71.9 Å². The number of benzene rings is 2. The van der Waals surface area contributed by atoms with Crippen molar-refractivity contribution in [2.24, 2.45) is 0 Å². The van der Waals surface area contributed by atoms with Gasteiger partial charge in [-0.05, 0) is 37.1 Å². The Labute approximate surface area is 202 Å². The lowest BCUT2D eigenvalue weighted by molar-refractivity contribution is -0.113. The van der Waals surface area contributed by atoms with Crippen LogP contribution < -0.4 is 10.6 Å². The van der Waals surface area contributed by atoms with E-state index in [-0.39, 0.29) is 5.91 Å². The van der Waals surface area contributed by atoms with Crippen LogP contribution in [0.15, 0.2) is 95.6 Å². The lowest BCUT2D eigenvalue weighted by Gasteiger charge is -2.28. The second-order valence-corrected chi connectivity index (χ2v) is 9.05. The van der Waals surface area contributed by atoms with E-state index in [0.717, 1.165) is 22.6 Å². The van der Waals surface area contributed by atoms with Crippen LogP contribution in [0, 0.1) is 6.92 Å². The van der Waals surface area contributed by atoms with E-state index in [0.29, 0.717) is 22.4 Å². The standard InChI is InChI=1S/C26H24N6OS/c1-17-10-12-20(13-11-17)23-22(24(33)29-21-9-6-14-27-15-21)18(2)28-25-30-26(31-32(23)25)34-16-19-7-4-3-5-8-19/h3-15,23H,16H2,1-2H3,(H,29,33)(H,28,30,31)/t23-/m0/s1. The Hall–Kier alpha value is -3.91. The zero-order valence-corrected chi connectivity index (χ0v) is 19.7. The molecule has 3 heterocycles. The highest BCUT2D eigenvalue weighted by molar-refractivity contribution is 7.98. The maximum absolute atomic E-state index is 13.5. The van der Waals surface area contributed by atoms with Gasteiger partial charge in [-0.25, -0.2) is 4.68 Å². The Balaban J connectivity index is 1.49. The van der Waals surface area contributed by atoms with E-state index in [9.17, 15) is 4.79 Å². The van der Waals surface area contributed by atoms with Crippen LogP contribution >= 0.6 is 11.8 Å². The molecule has 2 aromatic heterocycles. The summed E-state index contributed by atoms with van der Waals surface area (Å²) in [6.07, 6.45) is 3.30. The van der Waals surface area contributed by atoms with Crippen LogP contribution in [0.3, 0.4) is 0 Å². The molecule has 7 nitrogen and oxygen atoms in total. The number of carbonyl (C=O) groups excluding carboxylic acids is 1. The summed E-state index contributed by atoms with van der Waals surface area (Å²) in [4.78, 5) is 22.3. The van der Waals surface area contributed by atoms with Crippen molar-refractivity contribution in [3.05, 3.63) is 107 Å². The van der Waals surface area contributed by atoms with Gasteiger partial charge in [0.1, 0.15) is 6.04 Å². The van der Waals surface area contributed by atoms with Crippen LogP contribution in [0.1, 0.15) is 29.7 Å². The number of amides is 1. The predicted octanol–water partition coefficient (Wildman–Crippen LogP) is 5.20. The molecule has 0 unspecified atom stereocenters.